The van der Waals surface area contributed by atoms with Crippen LogP contribution in [0.25, 0.3) is 5.57 Å². The van der Waals surface area contributed by atoms with Crippen LogP contribution < -0.4 is 0 Å². The third kappa shape index (κ3) is 5.73. The number of thiophene rings is 1. The first-order chi connectivity index (χ1) is 16.8. The van der Waals surface area contributed by atoms with E-state index in [1.807, 2.05) is 23.3 Å². The summed E-state index contributed by atoms with van der Waals surface area (Å²) < 4.78 is 0. The summed E-state index contributed by atoms with van der Waals surface area (Å²) in [6, 6.07) is 13.1. The highest BCUT2D eigenvalue weighted by molar-refractivity contribution is 7.10. The molecule has 2 heterocycles. The molecule has 2 aromatic rings. The van der Waals surface area contributed by atoms with E-state index in [2.05, 4.69) is 85.6 Å². The Morgan fingerprint density at radius 2 is 1.83 bits per heavy atom. The lowest BCUT2D eigenvalue weighted by atomic mass is 9.82. The first-order valence-corrected chi connectivity index (χ1v) is 14.2. The van der Waals surface area contributed by atoms with Crippen molar-refractivity contribution >= 4 is 22.8 Å². The number of benzene rings is 1. The van der Waals surface area contributed by atoms with Gasteiger partial charge in [0.05, 0.1) is 5.54 Å². The van der Waals surface area contributed by atoms with Crippen molar-refractivity contribution in [2.75, 3.05) is 47.3 Å². The van der Waals surface area contributed by atoms with Crippen LogP contribution in [-0.2, 0) is 16.8 Å². The molecule has 0 bridgehead atoms. The first-order valence-electron chi connectivity index (χ1n) is 13.3. The second-order valence-corrected chi connectivity index (χ2v) is 11.9. The molecule has 35 heavy (non-hydrogen) atoms. The number of allylic oxidation sites excluding steroid dienone is 2. The molecule has 0 radical (unpaired) electrons. The molecule has 1 aromatic carbocycles. The molecule has 1 amide bonds. The molecule has 1 fully saturated rings. The number of fused-ring (bicyclic) bond motifs is 1. The molecule has 1 aliphatic carbocycles. The molecular formula is C30H43N3OS. The van der Waals surface area contributed by atoms with Gasteiger partial charge in [-0.3, -0.25) is 9.69 Å². The molecule has 0 saturated carbocycles. The summed E-state index contributed by atoms with van der Waals surface area (Å²) in [7, 11) is 6.43. The van der Waals surface area contributed by atoms with Gasteiger partial charge in [-0.2, -0.15) is 0 Å². The van der Waals surface area contributed by atoms with Crippen LogP contribution in [0.1, 0.15) is 55.5 Å². The van der Waals surface area contributed by atoms with Crippen molar-refractivity contribution < 1.29 is 4.79 Å². The summed E-state index contributed by atoms with van der Waals surface area (Å²) in [4.78, 5) is 21.7. The van der Waals surface area contributed by atoms with Gasteiger partial charge in [0, 0.05) is 38.0 Å². The van der Waals surface area contributed by atoms with E-state index in [0.717, 1.165) is 39.0 Å². The topological polar surface area (TPSA) is 26.8 Å². The standard InChI is InChI=1S/C30H43N3OS/c1-23(2)27(26-14-13-24-10-6-7-11-25(24)26)22-29(34)32(5)17-9-18-33-19-15-30(16-20-33,31(3)4)28-12-8-21-35-28/h6-8,10-12,14,21,23,27H,9,13,15-20,22H2,1-5H3. The van der Waals surface area contributed by atoms with Gasteiger partial charge >= 0.3 is 0 Å². The number of rotatable bonds is 10. The Bertz CT molecular complexity index is 1000. The highest BCUT2D eigenvalue weighted by Crippen LogP contribution is 2.40. The SMILES string of the molecule is CC(C)C(CC(=O)N(C)CCCN1CCC(c2cccs2)(N(C)C)CC1)C1=CCc2ccccc21. The van der Waals surface area contributed by atoms with E-state index >= 15 is 0 Å². The van der Waals surface area contributed by atoms with Gasteiger partial charge in [0.2, 0.25) is 5.91 Å². The summed E-state index contributed by atoms with van der Waals surface area (Å²) in [6.07, 6.45) is 7.32. The normalized spacial score (nSPS) is 18.5. The van der Waals surface area contributed by atoms with Gasteiger partial charge in [0.15, 0.2) is 0 Å². The van der Waals surface area contributed by atoms with E-state index in [-0.39, 0.29) is 17.4 Å². The third-order valence-electron chi connectivity index (χ3n) is 8.38. The van der Waals surface area contributed by atoms with Crippen LogP contribution in [0.15, 0.2) is 47.9 Å². The fourth-order valence-electron chi connectivity index (χ4n) is 5.97. The van der Waals surface area contributed by atoms with Gasteiger partial charge in [-0.25, -0.2) is 0 Å². The van der Waals surface area contributed by atoms with E-state index < -0.39 is 0 Å². The number of hydrogen-bond acceptors (Lipinski definition) is 4. The summed E-state index contributed by atoms with van der Waals surface area (Å²) >= 11 is 1.89. The number of carbonyl (C=O) groups excluding carboxylic acids is 1. The maximum absolute atomic E-state index is 13.2. The van der Waals surface area contributed by atoms with Crippen LogP contribution in [0.4, 0.5) is 0 Å². The van der Waals surface area contributed by atoms with Crippen molar-refractivity contribution in [2.24, 2.45) is 11.8 Å². The molecular weight excluding hydrogens is 450 g/mol. The average molecular weight is 494 g/mol. The van der Waals surface area contributed by atoms with Crippen molar-refractivity contribution in [3.05, 3.63) is 63.9 Å². The molecule has 5 heteroatoms. The van der Waals surface area contributed by atoms with E-state index in [4.69, 9.17) is 0 Å². The van der Waals surface area contributed by atoms with E-state index in [1.54, 1.807) is 0 Å². The molecule has 190 valence electrons. The highest BCUT2D eigenvalue weighted by atomic mass is 32.1. The molecule has 4 rings (SSSR count). The smallest absolute Gasteiger partial charge is 0.222 e. The van der Waals surface area contributed by atoms with Gasteiger partial charge < -0.3 is 9.80 Å². The van der Waals surface area contributed by atoms with Crippen LogP contribution in [0.3, 0.4) is 0 Å². The van der Waals surface area contributed by atoms with Gasteiger partial charge in [0.1, 0.15) is 0 Å². The van der Waals surface area contributed by atoms with Crippen LogP contribution in [0.5, 0.6) is 0 Å². The summed E-state index contributed by atoms with van der Waals surface area (Å²) in [5.74, 6) is 1.00. The minimum Gasteiger partial charge on any atom is -0.346 e. The molecule has 1 aromatic heterocycles. The number of amides is 1. The maximum Gasteiger partial charge on any atom is 0.222 e. The summed E-state index contributed by atoms with van der Waals surface area (Å²) in [6.45, 7) is 8.64. The highest BCUT2D eigenvalue weighted by Gasteiger charge is 2.38. The predicted molar refractivity (Wildman–Crippen MR) is 149 cm³/mol. The Labute approximate surface area is 216 Å². The number of carbonyl (C=O) groups is 1. The average Bonchev–Trinajstić information content (AvgIpc) is 3.53. The molecule has 1 unspecified atom stereocenters. The number of hydrogen-bond donors (Lipinski definition) is 0. The summed E-state index contributed by atoms with van der Waals surface area (Å²) in [5, 5.41) is 2.20. The molecule has 0 N–H and O–H groups in total. The lowest BCUT2D eigenvalue weighted by molar-refractivity contribution is -0.130. The van der Waals surface area contributed by atoms with Crippen molar-refractivity contribution in [1.29, 1.82) is 0 Å². The van der Waals surface area contributed by atoms with Crippen LogP contribution >= 0.6 is 11.3 Å². The number of likely N-dealkylation sites (tertiary alicyclic amines) is 1. The Balaban J connectivity index is 1.25. The van der Waals surface area contributed by atoms with Gasteiger partial charge in [-0.15, -0.1) is 11.3 Å². The zero-order chi connectivity index (χ0) is 25.0. The van der Waals surface area contributed by atoms with Crippen molar-refractivity contribution in [2.45, 2.75) is 51.5 Å². The monoisotopic (exact) mass is 493 g/mol. The number of piperidine rings is 1. The van der Waals surface area contributed by atoms with Crippen molar-refractivity contribution in [3.8, 4) is 0 Å². The lowest BCUT2D eigenvalue weighted by Crippen LogP contribution is -2.50. The molecule has 1 aliphatic heterocycles. The minimum atomic E-state index is 0.177. The van der Waals surface area contributed by atoms with Crippen LogP contribution in [0, 0.1) is 11.8 Å². The predicted octanol–water partition coefficient (Wildman–Crippen LogP) is 5.75. The van der Waals surface area contributed by atoms with E-state index in [1.165, 1.54) is 34.4 Å². The number of nitrogens with zero attached hydrogens (tertiary/aromatic N) is 3. The van der Waals surface area contributed by atoms with Gasteiger partial charge in [0.25, 0.3) is 0 Å². The maximum atomic E-state index is 13.2. The fourth-order valence-corrected chi connectivity index (χ4v) is 7.04. The zero-order valence-electron chi connectivity index (χ0n) is 22.3. The Morgan fingerprint density at radius 3 is 2.49 bits per heavy atom. The second kappa shape index (κ2) is 11.4. The Morgan fingerprint density at radius 1 is 1.09 bits per heavy atom. The van der Waals surface area contributed by atoms with E-state index in [0.29, 0.717) is 12.3 Å². The molecule has 1 atom stereocenters. The van der Waals surface area contributed by atoms with E-state index in [9.17, 15) is 4.79 Å². The minimum absolute atomic E-state index is 0.177. The van der Waals surface area contributed by atoms with Crippen LogP contribution in [-0.4, -0.2) is 67.9 Å². The Kier molecular flexibility index (Phi) is 8.51. The van der Waals surface area contributed by atoms with Gasteiger partial charge in [-0.05, 0) is 86.3 Å². The van der Waals surface area contributed by atoms with Gasteiger partial charge in [-0.1, -0.05) is 50.3 Å². The summed E-state index contributed by atoms with van der Waals surface area (Å²) in [5.41, 5.74) is 4.30. The van der Waals surface area contributed by atoms with Crippen LogP contribution in [0.2, 0.25) is 0 Å². The third-order valence-corrected chi connectivity index (χ3v) is 9.44. The largest absolute Gasteiger partial charge is 0.346 e. The quantitative estimate of drug-likeness (QED) is 0.422. The fraction of sp³-hybridized carbons (Fsp3) is 0.567. The molecule has 0 spiro atoms. The van der Waals surface area contributed by atoms with Crippen molar-refractivity contribution in [1.82, 2.24) is 14.7 Å². The lowest BCUT2D eigenvalue weighted by Gasteiger charge is -2.46. The molecule has 1 saturated heterocycles. The zero-order valence-corrected chi connectivity index (χ0v) is 23.1. The molecule has 2 aliphatic rings. The Hall–Kier alpha value is -1.95. The first kappa shape index (κ1) is 26.1. The molecule has 4 nitrogen and oxygen atoms in total. The second-order valence-electron chi connectivity index (χ2n) is 11.0. The van der Waals surface area contributed by atoms with Crippen molar-refractivity contribution in [3.63, 3.8) is 0 Å².